The molecule has 0 amide bonds. The molecule has 0 bridgehead atoms. The van der Waals surface area contributed by atoms with Crippen molar-refractivity contribution in [2.75, 3.05) is 0 Å². The van der Waals surface area contributed by atoms with Crippen LogP contribution in [0.15, 0.2) is 0 Å². The third kappa shape index (κ3) is 6.31. The molecule has 0 spiro atoms. The quantitative estimate of drug-likeness (QED) is 0.658. The first-order valence-electron chi connectivity index (χ1n) is 7.10. The number of carboxylic acids is 1. The van der Waals surface area contributed by atoms with Gasteiger partial charge >= 0.3 is 5.97 Å². The number of carboxylic acid groups (broad SMARTS) is 1. The monoisotopic (exact) mass is 268 g/mol. The number of aromatic nitrogens is 4. The lowest BCUT2D eigenvalue weighted by molar-refractivity contribution is -0.138. The molecule has 1 rings (SSSR count). The van der Waals surface area contributed by atoms with E-state index in [4.69, 9.17) is 5.11 Å². The van der Waals surface area contributed by atoms with E-state index >= 15 is 0 Å². The average molecular weight is 268 g/mol. The molecule has 0 radical (unpaired) electrons. The summed E-state index contributed by atoms with van der Waals surface area (Å²) in [6.45, 7) is 4.68. The van der Waals surface area contributed by atoms with E-state index < -0.39 is 5.97 Å². The van der Waals surface area contributed by atoms with E-state index in [2.05, 4.69) is 22.4 Å². The topological polar surface area (TPSA) is 80.9 Å². The van der Waals surface area contributed by atoms with Gasteiger partial charge in [-0.25, -0.2) is 4.68 Å². The molecule has 0 saturated carbocycles. The van der Waals surface area contributed by atoms with E-state index in [-0.39, 0.29) is 12.3 Å². The van der Waals surface area contributed by atoms with Gasteiger partial charge in [0, 0.05) is 19.4 Å². The van der Waals surface area contributed by atoms with E-state index in [9.17, 15) is 4.79 Å². The van der Waals surface area contributed by atoms with Gasteiger partial charge < -0.3 is 5.11 Å². The number of hydrogen-bond acceptors (Lipinski definition) is 4. The van der Waals surface area contributed by atoms with Crippen LogP contribution in [0.5, 0.6) is 0 Å². The Kier molecular flexibility index (Phi) is 7.07. The Morgan fingerprint density at radius 3 is 2.74 bits per heavy atom. The van der Waals surface area contributed by atoms with Crippen molar-refractivity contribution in [2.45, 2.75) is 65.3 Å². The Hall–Kier alpha value is -1.46. The molecule has 1 aromatic rings. The molecule has 0 aliphatic heterocycles. The van der Waals surface area contributed by atoms with Crippen molar-refractivity contribution >= 4 is 5.97 Å². The Labute approximate surface area is 114 Å². The Morgan fingerprint density at radius 2 is 2.05 bits per heavy atom. The second-order valence-electron chi connectivity index (χ2n) is 5.14. The van der Waals surface area contributed by atoms with Gasteiger partial charge in [0.25, 0.3) is 0 Å². The number of unbranched alkanes of at least 4 members (excludes halogenated alkanes) is 4. The number of nitrogens with zero attached hydrogens (tertiary/aromatic N) is 4. The highest BCUT2D eigenvalue weighted by Gasteiger charge is 2.12. The molecule has 0 aliphatic carbocycles. The summed E-state index contributed by atoms with van der Waals surface area (Å²) in [6.07, 6.45) is 7.09. The van der Waals surface area contributed by atoms with Crippen LogP contribution in [-0.4, -0.2) is 31.3 Å². The third-order valence-electron chi connectivity index (χ3n) is 3.12. The minimum atomic E-state index is -0.776. The molecule has 1 aromatic heterocycles. The number of aliphatic carboxylic acids is 1. The zero-order chi connectivity index (χ0) is 14.1. The summed E-state index contributed by atoms with van der Waals surface area (Å²) >= 11 is 0. The lowest BCUT2D eigenvalue weighted by Gasteiger charge is -2.09. The number of hydrogen-bond donors (Lipinski definition) is 1. The first-order chi connectivity index (χ1) is 9.13. The third-order valence-corrected chi connectivity index (χ3v) is 3.12. The fourth-order valence-corrected chi connectivity index (χ4v) is 2.09. The van der Waals surface area contributed by atoms with Crippen molar-refractivity contribution in [1.29, 1.82) is 0 Å². The van der Waals surface area contributed by atoms with Gasteiger partial charge in [0.1, 0.15) is 0 Å². The van der Waals surface area contributed by atoms with E-state index in [1.807, 2.05) is 6.92 Å². The van der Waals surface area contributed by atoms with E-state index in [1.165, 1.54) is 25.7 Å². The number of carbonyl (C=O) groups is 1. The molecule has 1 unspecified atom stereocenters. The smallest absolute Gasteiger partial charge is 0.303 e. The van der Waals surface area contributed by atoms with Gasteiger partial charge in [0.2, 0.25) is 0 Å². The van der Waals surface area contributed by atoms with Gasteiger partial charge in [-0.05, 0) is 22.8 Å². The van der Waals surface area contributed by atoms with E-state index in [1.54, 1.807) is 4.68 Å². The number of aryl methyl sites for hydroxylation is 1. The molecule has 0 aliphatic rings. The van der Waals surface area contributed by atoms with Gasteiger partial charge in [-0.1, -0.05) is 39.5 Å². The van der Waals surface area contributed by atoms with Crippen molar-refractivity contribution in [3.63, 3.8) is 0 Å². The second kappa shape index (κ2) is 8.61. The highest BCUT2D eigenvalue weighted by molar-refractivity contribution is 5.66. The summed E-state index contributed by atoms with van der Waals surface area (Å²) in [5, 5.41) is 20.4. The van der Waals surface area contributed by atoms with Crippen LogP contribution < -0.4 is 0 Å². The molecule has 1 atom stereocenters. The predicted molar refractivity (Wildman–Crippen MR) is 71.7 cm³/mol. The van der Waals surface area contributed by atoms with Crippen molar-refractivity contribution < 1.29 is 9.90 Å². The van der Waals surface area contributed by atoms with Gasteiger partial charge in [0.05, 0.1) is 0 Å². The van der Waals surface area contributed by atoms with Gasteiger partial charge in [-0.15, -0.1) is 5.10 Å². The summed E-state index contributed by atoms with van der Waals surface area (Å²) in [6, 6.07) is 0. The molecular formula is C13H24N4O2. The SMILES string of the molecule is CCCCCCCc1nnnn1CC(C)CC(=O)O. The van der Waals surface area contributed by atoms with Crippen LogP contribution in [-0.2, 0) is 17.8 Å². The highest BCUT2D eigenvalue weighted by atomic mass is 16.4. The van der Waals surface area contributed by atoms with Gasteiger partial charge in [-0.2, -0.15) is 0 Å². The maximum Gasteiger partial charge on any atom is 0.303 e. The maximum absolute atomic E-state index is 10.6. The van der Waals surface area contributed by atoms with E-state index in [0.717, 1.165) is 18.7 Å². The van der Waals surface area contributed by atoms with Crippen molar-refractivity contribution in [1.82, 2.24) is 20.2 Å². The summed E-state index contributed by atoms with van der Waals surface area (Å²) < 4.78 is 1.74. The molecule has 0 aromatic carbocycles. The molecule has 108 valence electrons. The van der Waals surface area contributed by atoms with Crippen LogP contribution in [0, 0.1) is 5.92 Å². The van der Waals surface area contributed by atoms with Crippen LogP contribution in [0.2, 0.25) is 0 Å². The second-order valence-corrected chi connectivity index (χ2v) is 5.14. The summed E-state index contributed by atoms with van der Waals surface area (Å²) in [5.41, 5.74) is 0. The zero-order valence-corrected chi connectivity index (χ0v) is 11.9. The summed E-state index contributed by atoms with van der Waals surface area (Å²) in [4.78, 5) is 10.6. The lowest BCUT2D eigenvalue weighted by Crippen LogP contribution is -2.15. The zero-order valence-electron chi connectivity index (χ0n) is 11.9. The van der Waals surface area contributed by atoms with Crippen molar-refractivity contribution in [3.8, 4) is 0 Å². The lowest BCUT2D eigenvalue weighted by atomic mass is 10.1. The van der Waals surface area contributed by atoms with Crippen LogP contribution in [0.25, 0.3) is 0 Å². The van der Waals surface area contributed by atoms with Crippen LogP contribution in [0.4, 0.5) is 0 Å². The molecule has 6 nitrogen and oxygen atoms in total. The number of rotatable bonds is 10. The van der Waals surface area contributed by atoms with Crippen molar-refractivity contribution in [3.05, 3.63) is 5.82 Å². The van der Waals surface area contributed by atoms with Gasteiger partial charge in [-0.3, -0.25) is 4.79 Å². The highest BCUT2D eigenvalue weighted by Crippen LogP contribution is 2.09. The fraction of sp³-hybridized carbons (Fsp3) is 0.846. The van der Waals surface area contributed by atoms with Crippen molar-refractivity contribution in [2.24, 2.45) is 5.92 Å². The summed E-state index contributed by atoms with van der Waals surface area (Å²) in [5.74, 6) is 0.135. The Bertz CT molecular complexity index is 378. The standard InChI is InChI=1S/C13H24N4O2/c1-3-4-5-6-7-8-12-14-15-16-17(12)10-11(2)9-13(18)19/h11H,3-10H2,1-2H3,(H,18,19). The molecule has 0 saturated heterocycles. The molecule has 6 heteroatoms. The minimum Gasteiger partial charge on any atom is -0.481 e. The van der Waals surface area contributed by atoms with Crippen LogP contribution in [0.3, 0.4) is 0 Å². The average Bonchev–Trinajstić information content (AvgIpc) is 2.75. The Balaban J connectivity index is 2.35. The normalized spacial score (nSPS) is 12.5. The Morgan fingerprint density at radius 1 is 1.32 bits per heavy atom. The van der Waals surface area contributed by atoms with Crippen LogP contribution >= 0.6 is 0 Å². The minimum absolute atomic E-state index is 0.0415. The number of tetrazole rings is 1. The first-order valence-corrected chi connectivity index (χ1v) is 7.10. The first kappa shape index (κ1) is 15.6. The summed E-state index contributed by atoms with van der Waals surface area (Å²) in [7, 11) is 0. The molecular weight excluding hydrogens is 244 g/mol. The maximum atomic E-state index is 10.6. The molecule has 1 heterocycles. The fourth-order valence-electron chi connectivity index (χ4n) is 2.09. The molecule has 19 heavy (non-hydrogen) atoms. The van der Waals surface area contributed by atoms with Gasteiger partial charge in [0.15, 0.2) is 5.82 Å². The molecule has 1 N–H and O–H groups in total. The van der Waals surface area contributed by atoms with Crippen LogP contribution in [0.1, 0.15) is 58.2 Å². The molecule has 0 fully saturated rings. The largest absolute Gasteiger partial charge is 0.481 e. The predicted octanol–water partition coefficient (Wildman–Crippen LogP) is 2.30. The van der Waals surface area contributed by atoms with E-state index in [0.29, 0.717) is 6.54 Å².